The molecular formula is C24H24N2O5. The van der Waals surface area contributed by atoms with E-state index in [1.807, 2.05) is 12.1 Å². The molecule has 5 rings (SSSR count). The minimum absolute atomic E-state index is 0.0371. The minimum atomic E-state index is -1.17. The predicted molar refractivity (Wildman–Crippen MR) is 115 cm³/mol. The normalized spacial score (nSPS) is 14.5. The van der Waals surface area contributed by atoms with E-state index in [-0.39, 0.29) is 11.5 Å². The van der Waals surface area contributed by atoms with Gasteiger partial charge in [-0.2, -0.15) is 0 Å². The standard InChI is InChI=1S/C20H12O5.C4H12N2/c21-11-5-7-15-17(9-11)24-18-10-12(22)6-8-16(18)20(15)14-4-2-1-3-13(14)19(23)25-20;5-3-1-2-4-6/h1-10,21-22H;1-6H2. The second-order valence-electron chi connectivity index (χ2n) is 7.36. The monoisotopic (exact) mass is 420 g/mol. The van der Waals surface area contributed by atoms with Gasteiger partial charge in [0.1, 0.15) is 23.0 Å². The first-order valence-corrected chi connectivity index (χ1v) is 10.1. The number of phenols is 2. The number of carbonyl (C=O) groups is 1. The number of carbonyl (C=O) groups excluding carboxylic acids is 1. The van der Waals surface area contributed by atoms with Gasteiger partial charge in [0.25, 0.3) is 0 Å². The lowest BCUT2D eigenvalue weighted by Gasteiger charge is -2.36. The summed E-state index contributed by atoms with van der Waals surface area (Å²) in [5, 5.41) is 19.7. The SMILES string of the molecule is NCCCCN.O=C1OC2(c3ccc(O)cc3Oc3cc(O)ccc32)c2ccccc21. The summed E-state index contributed by atoms with van der Waals surface area (Å²) in [7, 11) is 0. The number of nitrogens with two attached hydrogens (primary N) is 2. The van der Waals surface area contributed by atoms with Gasteiger partial charge in [-0.15, -0.1) is 0 Å². The molecule has 6 N–H and O–H groups in total. The van der Waals surface area contributed by atoms with E-state index in [0.717, 1.165) is 25.9 Å². The molecule has 7 nitrogen and oxygen atoms in total. The highest BCUT2D eigenvalue weighted by molar-refractivity contribution is 5.97. The fourth-order valence-electron chi connectivity index (χ4n) is 3.94. The lowest BCUT2D eigenvalue weighted by Crippen LogP contribution is -2.32. The number of ether oxygens (including phenoxy) is 2. The molecule has 2 heterocycles. The lowest BCUT2D eigenvalue weighted by molar-refractivity contribution is 0.0224. The Morgan fingerprint density at radius 3 is 1.87 bits per heavy atom. The number of phenolic OH excluding ortho intramolecular Hbond substituents is 2. The third-order valence-electron chi connectivity index (χ3n) is 5.34. The zero-order chi connectivity index (χ0) is 22.0. The van der Waals surface area contributed by atoms with Gasteiger partial charge in [0.15, 0.2) is 5.60 Å². The summed E-state index contributed by atoms with van der Waals surface area (Å²) in [4.78, 5) is 12.5. The van der Waals surface area contributed by atoms with Gasteiger partial charge in [-0.05, 0) is 56.3 Å². The third kappa shape index (κ3) is 3.48. The summed E-state index contributed by atoms with van der Waals surface area (Å²) < 4.78 is 11.8. The maximum Gasteiger partial charge on any atom is 0.340 e. The molecule has 1 spiro atoms. The van der Waals surface area contributed by atoms with E-state index < -0.39 is 11.6 Å². The highest BCUT2D eigenvalue weighted by Gasteiger charge is 2.53. The first-order chi connectivity index (χ1) is 15.0. The topological polar surface area (TPSA) is 128 Å². The fourth-order valence-corrected chi connectivity index (χ4v) is 3.94. The summed E-state index contributed by atoms with van der Waals surface area (Å²) >= 11 is 0. The Labute approximate surface area is 179 Å². The van der Waals surface area contributed by atoms with Crippen LogP contribution >= 0.6 is 0 Å². The van der Waals surface area contributed by atoms with Crippen LogP contribution in [0.1, 0.15) is 39.9 Å². The first kappa shape index (κ1) is 20.7. The van der Waals surface area contributed by atoms with Crippen molar-refractivity contribution in [2.24, 2.45) is 11.5 Å². The van der Waals surface area contributed by atoms with E-state index in [1.54, 1.807) is 24.3 Å². The van der Waals surface area contributed by atoms with E-state index in [2.05, 4.69) is 0 Å². The molecule has 0 fully saturated rings. The van der Waals surface area contributed by atoms with Crippen molar-refractivity contribution in [1.82, 2.24) is 0 Å². The Balaban J connectivity index is 0.000000342. The molecule has 0 saturated heterocycles. The molecule has 3 aromatic carbocycles. The molecule has 0 unspecified atom stereocenters. The van der Waals surface area contributed by atoms with Crippen LogP contribution in [0.2, 0.25) is 0 Å². The molecule has 31 heavy (non-hydrogen) atoms. The van der Waals surface area contributed by atoms with Crippen LogP contribution in [-0.2, 0) is 10.3 Å². The lowest BCUT2D eigenvalue weighted by atomic mass is 9.77. The van der Waals surface area contributed by atoms with Gasteiger partial charge in [0, 0.05) is 28.8 Å². The van der Waals surface area contributed by atoms with Crippen molar-refractivity contribution in [1.29, 1.82) is 0 Å². The van der Waals surface area contributed by atoms with Crippen molar-refractivity contribution >= 4 is 5.97 Å². The first-order valence-electron chi connectivity index (χ1n) is 10.1. The summed E-state index contributed by atoms with van der Waals surface area (Å²) in [6.07, 6.45) is 2.13. The molecule has 0 aliphatic carbocycles. The van der Waals surface area contributed by atoms with Crippen LogP contribution in [0, 0.1) is 0 Å². The van der Waals surface area contributed by atoms with Crippen molar-refractivity contribution in [3.8, 4) is 23.0 Å². The molecule has 0 saturated carbocycles. The van der Waals surface area contributed by atoms with E-state index in [0.29, 0.717) is 33.8 Å². The molecule has 3 aromatic rings. The Bertz CT molecular complexity index is 1070. The smallest absolute Gasteiger partial charge is 0.340 e. The number of unbranched alkanes of at least 4 members (excludes halogenated alkanes) is 1. The van der Waals surface area contributed by atoms with Crippen LogP contribution < -0.4 is 16.2 Å². The van der Waals surface area contributed by atoms with Gasteiger partial charge < -0.3 is 31.2 Å². The van der Waals surface area contributed by atoms with Crippen LogP contribution in [-0.4, -0.2) is 29.3 Å². The summed E-state index contributed by atoms with van der Waals surface area (Å²) in [6, 6.07) is 16.6. The van der Waals surface area contributed by atoms with E-state index in [1.165, 1.54) is 24.3 Å². The molecule has 7 heteroatoms. The number of hydrogen-bond donors (Lipinski definition) is 4. The van der Waals surface area contributed by atoms with Crippen LogP contribution in [0.4, 0.5) is 0 Å². The summed E-state index contributed by atoms with van der Waals surface area (Å²) in [5.41, 5.74) is 11.6. The number of hydrogen-bond acceptors (Lipinski definition) is 7. The van der Waals surface area contributed by atoms with Crippen LogP contribution in [0.15, 0.2) is 60.7 Å². The van der Waals surface area contributed by atoms with Gasteiger partial charge in [0.2, 0.25) is 0 Å². The highest BCUT2D eigenvalue weighted by atomic mass is 16.6. The second kappa shape index (κ2) is 8.29. The largest absolute Gasteiger partial charge is 0.508 e. The quantitative estimate of drug-likeness (QED) is 0.378. The number of rotatable bonds is 3. The molecule has 0 bridgehead atoms. The molecule has 2 aliphatic heterocycles. The Kier molecular flexibility index (Phi) is 5.54. The third-order valence-corrected chi connectivity index (χ3v) is 5.34. The average Bonchev–Trinajstić information content (AvgIpc) is 3.05. The van der Waals surface area contributed by atoms with Crippen molar-refractivity contribution in [3.63, 3.8) is 0 Å². The fraction of sp³-hybridized carbons (Fsp3) is 0.208. The molecule has 0 amide bonds. The van der Waals surface area contributed by atoms with Crippen molar-refractivity contribution in [2.75, 3.05) is 13.1 Å². The van der Waals surface area contributed by atoms with E-state index in [4.69, 9.17) is 20.9 Å². The zero-order valence-electron chi connectivity index (χ0n) is 16.9. The summed E-state index contributed by atoms with van der Waals surface area (Å²) in [6.45, 7) is 1.55. The molecular weight excluding hydrogens is 396 g/mol. The number of esters is 1. The minimum Gasteiger partial charge on any atom is -0.508 e. The van der Waals surface area contributed by atoms with E-state index >= 15 is 0 Å². The Morgan fingerprint density at radius 2 is 1.32 bits per heavy atom. The second-order valence-corrected chi connectivity index (χ2v) is 7.36. The van der Waals surface area contributed by atoms with Gasteiger partial charge in [0.05, 0.1) is 5.56 Å². The van der Waals surface area contributed by atoms with Gasteiger partial charge in [-0.25, -0.2) is 4.79 Å². The molecule has 0 atom stereocenters. The van der Waals surface area contributed by atoms with Crippen molar-refractivity contribution in [3.05, 3.63) is 82.9 Å². The summed E-state index contributed by atoms with van der Waals surface area (Å²) in [5.74, 6) is 0.408. The van der Waals surface area contributed by atoms with Gasteiger partial charge in [-0.1, -0.05) is 18.2 Å². The number of fused-ring (bicyclic) bond motifs is 6. The Hall–Kier alpha value is -3.55. The molecule has 2 aliphatic rings. The maximum atomic E-state index is 12.5. The number of benzene rings is 3. The van der Waals surface area contributed by atoms with Crippen LogP contribution in [0.5, 0.6) is 23.0 Å². The van der Waals surface area contributed by atoms with E-state index in [9.17, 15) is 15.0 Å². The van der Waals surface area contributed by atoms with Crippen molar-refractivity contribution in [2.45, 2.75) is 18.4 Å². The molecule has 160 valence electrons. The number of aromatic hydroxyl groups is 2. The predicted octanol–water partition coefficient (Wildman–Crippen LogP) is 3.35. The van der Waals surface area contributed by atoms with Crippen LogP contribution in [0.3, 0.4) is 0 Å². The maximum absolute atomic E-state index is 12.5. The van der Waals surface area contributed by atoms with Crippen LogP contribution in [0.25, 0.3) is 0 Å². The van der Waals surface area contributed by atoms with Gasteiger partial charge >= 0.3 is 5.97 Å². The van der Waals surface area contributed by atoms with Gasteiger partial charge in [-0.3, -0.25) is 0 Å². The zero-order valence-corrected chi connectivity index (χ0v) is 16.9. The Morgan fingerprint density at radius 1 is 0.774 bits per heavy atom. The van der Waals surface area contributed by atoms with Crippen molar-refractivity contribution < 1.29 is 24.5 Å². The molecule has 0 radical (unpaired) electrons. The molecule has 0 aromatic heterocycles. The highest BCUT2D eigenvalue weighted by Crippen LogP contribution is 2.56. The average molecular weight is 420 g/mol.